The molecule has 1 N–H and O–H groups in total. The number of hydrogen-bond donors (Lipinski definition) is 1. The lowest BCUT2D eigenvalue weighted by Gasteiger charge is -2.40. The van der Waals surface area contributed by atoms with Gasteiger partial charge < -0.3 is 14.9 Å². The van der Waals surface area contributed by atoms with Crippen LogP contribution in [0.5, 0.6) is 5.75 Å². The van der Waals surface area contributed by atoms with Gasteiger partial charge in [0.25, 0.3) is 0 Å². The van der Waals surface area contributed by atoms with E-state index in [9.17, 15) is 9.90 Å². The molecule has 0 aliphatic carbocycles. The third-order valence-corrected chi connectivity index (χ3v) is 6.47. The van der Waals surface area contributed by atoms with E-state index in [1.165, 1.54) is 4.90 Å². The zero-order valence-corrected chi connectivity index (χ0v) is 16.4. The van der Waals surface area contributed by atoms with Gasteiger partial charge in [-0.25, -0.2) is 0 Å². The minimum absolute atomic E-state index is 0.122. The molecule has 2 aliphatic rings. The molecule has 5 nitrogen and oxygen atoms in total. The fourth-order valence-corrected chi connectivity index (χ4v) is 4.81. The molecule has 4 rings (SSSR count). The lowest BCUT2D eigenvalue weighted by Crippen LogP contribution is -2.55. The fraction of sp³-hybridized carbons (Fsp3) is 0.381. The Morgan fingerprint density at radius 2 is 1.70 bits per heavy atom. The third kappa shape index (κ3) is 3.77. The molecule has 6 heteroatoms. The van der Waals surface area contributed by atoms with E-state index in [1.54, 1.807) is 12.1 Å². The molecule has 0 bridgehead atoms. The summed E-state index contributed by atoms with van der Waals surface area (Å²) < 4.78 is 0. The van der Waals surface area contributed by atoms with Gasteiger partial charge in [0.05, 0.1) is 11.7 Å². The topological polar surface area (TPSA) is 47.0 Å². The van der Waals surface area contributed by atoms with Crippen molar-refractivity contribution in [3.05, 3.63) is 48.5 Å². The molecule has 2 aromatic carbocycles. The Hall–Kier alpha value is -2.18. The molecule has 1 saturated heterocycles. The normalized spacial score (nSPS) is 18.9. The molecule has 0 aromatic heterocycles. The van der Waals surface area contributed by atoms with Gasteiger partial charge in [-0.2, -0.15) is 0 Å². The summed E-state index contributed by atoms with van der Waals surface area (Å²) >= 11 is 1.82. The van der Waals surface area contributed by atoms with E-state index in [0.29, 0.717) is 0 Å². The predicted octanol–water partition coefficient (Wildman–Crippen LogP) is 3.04. The first-order valence-corrected chi connectivity index (χ1v) is 10.4. The Labute approximate surface area is 164 Å². The number of phenolic OH excluding ortho intramolecular Hbond substituents is 1. The molecule has 27 heavy (non-hydrogen) atoms. The number of piperazine rings is 1. The van der Waals surface area contributed by atoms with Crippen molar-refractivity contribution in [1.82, 2.24) is 4.90 Å². The number of nitrogens with zero attached hydrogens (tertiary/aromatic N) is 3. The van der Waals surface area contributed by atoms with E-state index in [4.69, 9.17) is 0 Å². The van der Waals surface area contributed by atoms with Gasteiger partial charge in [-0.1, -0.05) is 12.1 Å². The van der Waals surface area contributed by atoms with Gasteiger partial charge in [0.15, 0.2) is 0 Å². The summed E-state index contributed by atoms with van der Waals surface area (Å²) in [5.41, 5.74) is 2.17. The van der Waals surface area contributed by atoms with Crippen LogP contribution in [-0.4, -0.2) is 60.4 Å². The highest BCUT2D eigenvalue weighted by Crippen LogP contribution is 2.35. The number of aromatic hydroxyl groups is 1. The number of rotatable bonds is 3. The largest absolute Gasteiger partial charge is 0.508 e. The Bertz CT molecular complexity index is 803. The van der Waals surface area contributed by atoms with Crippen LogP contribution in [0.1, 0.15) is 6.92 Å². The maximum atomic E-state index is 13.2. The van der Waals surface area contributed by atoms with Crippen LogP contribution in [0.3, 0.4) is 0 Å². The van der Waals surface area contributed by atoms with Crippen molar-refractivity contribution >= 4 is 29.0 Å². The number of thioether (sulfide) groups is 1. The Morgan fingerprint density at radius 3 is 2.44 bits per heavy atom. The third-order valence-electron chi connectivity index (χ3n) is 5.43. The molecule has 1 fully saturated rings. The molecule has 2 aliphatic heterocycles. The number of fused-ring (bicyclic) bond motifs is 1. The fourth-order valence-electron chi connectivity index (χ4n) is 3.81. The Morgan fingerprint density at radius 1 is 1.00 bits per heavy atom. The van der Waals surface area contributed by atoms with Crippen molar-refractivity contribution < 1.29 is 9.90 Å². The van der Waals surface area contributed by atoms with E-state index in [1.807, 2.05) is 47.9 Å². The number of anilines is 2. The number of para-hydroxylation sites is 1. The van der Waals surface area contributed by atoms with Crippen LogP contribution in [0.15, 0.2) is 53.4 Å². The minimum Gasteiger partial charge on any atom is -0.508 e. The van der Waals surface area contributed by atoms with Gasteiger partial charge in [0, 0.05) is 49.1 Å². The lowest BCUT2D eigenvalue weighted by molar-refractivity contribution is -0.123. The first kappa shape index (κ1) is 18.2. The number of carbonyl (C=O) groups excluding carboxylic acids is 1. The number of carbonyl (C=O) groups is 1. The SMILES string of the molecule is CC(C(=O)N1CCSc2ccccc21)N1CCN(c2ccc(O)cc2)CC1. The second-order valence-electron chi connectivity index (χ2n) is 7.02. The molecular weight excluding hydrogens is 358 g/mol. The summed E-state index contributed by atoms with van der Waals surface area (Å²) in [6, 6.07) is 15.4. The molecular formula is C21H25N3O2S. The van der Waals surface area contributed by atoms with E-state index >= 15 is 0 Å². The zero-order valence-electron chi connectivity index (χ0n) is 15.5. The van der Waals surface area contributed by atoms with Crippen molar-refractivity contribution in [2.24, 2.45) is 0 Å². The first-order valence-electron chi connectivity index (χ1n) is 9.45. The average molecular weight is 384 g/mol. The van der Waals surface area contributed by atoms with Crippen molar-refractivity contribution in [3.63, 3.8) is 0 Å². The van der Waals surface area contributed by atoms with Crippen LogP contribution >= 0.6 is 11.8 Å². The molecule has 1 amide bonds. The molecule has 142 valence electrons. The van der Waals surface area contributed by atoms with Gasteiger partial charge in [-0.05, 0) is 43.3 Å². The second-order valence-corrected chi connectivity index (χ2v) is 8.16. The molecule has 1 atom stereocenters. The minimum atomic E-state index is -0.122. The Kier molecular flexibility index (Phi) is 5.27. The molecule has 0 radical (unpaired) electrons. The highest BCUT2D eigenvalue weighted by atomic mass is 32.2. The molecule has 1 unspecified atom stereocenters. The van der Waals surface area contributed by atoms with Crippen LogP contribution in [0, 0.1) is 0 Å². The van der Waals surface area contributed by atoms with Crippen molar-refractivity contribution in [3.8, 4) is 5.75 Å². The highest BCUT2D eigenvalue weighted by molar-refractivity contribution is 7.99. The average Bonchev–Trinajstić information content (AvgIpc) is 2.73. The second kappa shape index (κ2) is 7.82. The van der Waals surface area contributed by atoms with Crippen LogP contribution in [0.25, 0.3) is 0 Å². The van der Waals surface area contributed by atoms with E-state index in [2.05, 4.69) is 21.9 Å². The first-order chi connectivity index (χ1) is 13.1. The van der Waals surface area contributed by atoms with Crippen LogP contribution < -0.4 is 9.80 Å². The summed E-state index contributed by atoms with van der Waals surface area (Å²) in [5.74, 6) is 1.43. The molecule has 2 heterocycles. The smallest absolute Gasteiger partial charge is 0.244 e. The van der Waals surface area contributed by atoms with Crippen molar-refractivity contribution in [2.75, 3.05) is 48.3 Å². The lowest BCUT2D eigenvalue weighted by atomic mass is 10.1. The maximum absolute atomic E-state index is 13.2. The van der Waals surface area contributed by atoms with E-state index < -0.39 is 0 Å². The standard InChI is InChI=1S/C21H25N3O2S/c1-16(21(26)24-14-15-27-20-5-3-2-4-19(20)24)22-10-12-23(13-11-22)17-6-8-18(25)9-7-17/h2-9,16,25H,10-15H2,1H3. The monoisotopic (exact) mass is 383 g/mol. The highest BCUT2D eigenvalue weighted by Gasteiger charge is 2.31. The molecule has 2 aromatic rings. The van der Waals surface area contributed by atoms with Crippen molar-refractivity contribution in [2.45, 2.75) is 17.9 Å². The van der Waals surface area contributed by atoms with Crippen LogP contribution in [0.4, 0.5) is 11.4 Å². The number of amides is 1. The quantitative estimate of drug-likeness (QED) is 0.883. The van der Waals surface area contributed by atoms with Gasteiger partial charge >= 0.3 is 0 Å². The number of phenols is 1. The van der Waals surface area contributed by atoms with Crippen LogP contribution in [0.2, 0.25) is 0 Å². The van der Waals surface area contributed by atoms with Gasteiger partial charge in [0.2, 0.25) is 5.91 Å². The van der Waals surface area contributed by atoms with Gasteiger partial charge in [-0.15, -0.1) is 11.8 Å². The number of benzene rings is 2. The molecule has 0 saturated carbocycles. The van der Waals surface area contributed by atoms with E-state index in [0.717, 1.165) is 49.9 Å². The summed E-state index contributed by atoms with van der Waals surface area (Å²) in [6.45, 7) is 6.29. The molecule has 0 spiro atoms. The Balaban J connectivity index is 1.40. The zero-order chi connectivity index (χ0) is 18.8. The van der Waals surface area contributed by atoms with E-state index in [-0.39, 0.29) is 17.7 Å². The van der Waals surface area contributed by atoms with Gasteiger partial charge in [0.1, 0.15) is 5.75 Å². The number of hydrogen-bond acceptors (Lipinski definition) is 5. The summed E-state index contributed by atoms with van der Waals surface area (Å²) in [6.07, 6.45) is 0. The summed E-state index contributed by atoms with van der Waals surface area (Å²) in [4.78, 5) is 20.9. The maximum Gasteiger partial charge on any atom is 0.244 e. The van der Waals surface area contributed by atoms with Gasteiger partial charge in [-0.3, -0.25) is 9.69 Å². The van der Waals surface area contributed by atoms with Crippen LogP contribution in [-0.2, 0) is 4.79 Å². The predicted molar refractivity (Wildman–Crippen MR) is 111 cm³/mol. The van der Waals surface area contributed by atoms with Crippen molar-refractivity contribution in [1.29, 1.82) is 0 Å². The summed E-state index contributed by atoms with van der Waals surface area (Å²) in [7, 11) is 0. The summed E-state index contributed by atoms with van der Waals surface area (Å²) in [5, 5.41) is 9.45.